The van der Waals surface area contributed by atoms with Gasteiger partial charge < -0.3 is 18.9 Å². The molecule has 0 amide bonds. The van der Waals surface area contributed by atoms with E-state index in [0.29, 0.717) is 43.3 Å². The fraction of sp³-hybridized carbons (Fsp3) is 0.273. The number of benzene rings is 2. The van der Waals surface area contributed by atoms with Crippen molar-refractivity contribution < 1.29 is 19.1 Å². The van der Waals surface area contributed by atoms with Crippen LogP contribution in [0.4, 0.5) is 0 Å². The summed E-state index contributed by atoms with van der Waals surface area (Å²) in [4.78, 5) is 18.4. The Morgan fingerprint density at radius 3 is 2.39 bits per heavy atom. The average Bonchev–Trinajstić information content (AvgIpc) is 3.14. The van der Waals surface area contributed by atoms with E-state index in [0.717, 1.165) is 21.9 Å². The Morgan fingerprint density at radius 2 is 1.68 bits per heavy atom. The van der Waals surface area contributed by atoms with Gasteiger partial charge in [0.25, 0.3) is 0 Å². The van der Waals surface area contributed by atoms with Crippen LogP contribution in [0, 0.1) is 0 Å². The van der Waals surface area contributed by atoms with Gasteiger partial charge in [0.2, 0.25) is 5.78 Å². The molecule has 144 valence electrons. The summed E-state index contributed by atoms with van der Waals surface area (Å²) >= 11 is 0. The highest BCUT2D eigenvalue weighted by Gasteiger charge is 2.32. The summed E-state index contributed by atoms with van der Waals surface area (Å²) in [7, 11) is 3.16. The van der Waals surface area contributed by atoms with Gasteiger partial charge in [0.15, 0.2) is 0 Å². The fourth-order valence-corrected chi connectivity index (χ4v) is 3.60. The molecule has 0 spiro atoms. The third-order valence-electron chi connectivity index (χ3n) is 4.91. The molecular formula is C22H22N2O4. The van der Waals surface area contributed by atoms with E-state index >= 15 is 0 Å². The predicted molar refractivity (Wildman–Crippen MR) is 107 cm³/mol. The minimum absolute atomic E-state index is 0.00676. The summed E-state index contributed by atoms with van der Waals surface area (Å²) < 4.78 is 12.5. The van der Waals surface area contributed by atoms with Gasteiger partial charge in [0, 0.05) is 36.5 Å². The lowest BCUT2D eigenvalue weighted by atomic mass is 9.85. The third kappa shape index (κ3) is 3.21. The molecule has 0 fully saturated rings. The maximum atomic E-state index is 13.3. The van der Waals surface area contributed by atoms with Crippen LogP contribution in [0.5, 0.6) is 0 Å². The first kappa shape index (κ1) is 18.4. The van der Waals surface area contributed by atoms with E-state index in [2.05, 4.69) is 5.16 Å². The van der Waals surface area contributed by atoms with Crippen molar-refractivity contribution in [3.8, 4) is 0 Å². The standard InChI is InChI=1S/C22H22N2O4/c1-26-11-12-28-10-9-24-8-7-17-20(23-27-2)18-13-15-5-3-4-6-16(15)14-19(18)22(25)21(17)24/h3-8,13-14H,9-12H2,1-2H3/b23-20-. The molecular weight excluding hydrogens is 356 g/mol. The average molecular weight is 378 g/mol. The first-order valence-electron chi connectivity index (χ1n) is 9.19. The van der Waals surface area contributed by atoms with Crippen molar-refractivity contribution in [3.05, 3.63) is 71.0 Å². The number of rotatable bonds is 7. The second-order valence-corrected chi connectivity index (χ2v) is 6.57. The van der Waals surface area contributed by atoms with Crippen molar-refractivity contribution in [1.82, 2.24) is 4.57 Å². The number of methoxy groups -OCH3 is 1. The van der Waals surface area contributed by atoms with Gasteiger partial charge in [0.05, 0.1) is 25.5 Å². The van der Waals surface area contributed by atoms with Gasteiger partial charge in [-0.15, -0.1) is 0 Å². The number of carbonyl (C=O) groups excluding carboxylic acids is 1. The molecule has 2 aromatic carbocycles. The molecule has 4 rings (SSSR count). The Labute approximate surface area is 163 Å². The van der Waals surface area contributed by atoms with Crippen molar-refractivity contribution in [2.24, 2.45) is 5.16 Å². The monoisotopic (exact) mass is 378 g/mol. The van der Waals surface area contributed by atoms with Crippen molar-refractivity contribution in [2.45, 2.75) is 6.54 Å². The highest BCUT2D eigenvalue weighted by Crippen LogP contribution is 2.32. The molecule has 0 radical (unpaired) electrons. The van der Waals surface area contributed by atoms with Crippen LogP contribution in [0.15, 0.2) is 53.8 Å². The van der Waals surface area contributed by atoms with Gasteiger partial charge in [-0.3, -0.25) is 4.79 Å². The van der Waals surface area contributed by atoms with Crippen LogP contribution in [0.25, 0.3) is 10.8 Å². The van der Waals surface area contributed by atoms with Crippen LogP contribution in [0.2, 0.25) is 0 Å². The zero-order valence-corrected chi connectivity index (χ0v) is 16.0. The molecule has 0 saturated heterocycles. The van der Waals surface area contributed by atoms with E-state index in [1.165, 1.54) is 7.11 Å². The topological polar surface area (TPSA) is 62.0 Å². The lowest BCUT2D eigenvalue weighted by Crippen LogP contribution is -2.24. The molecule has 0 bridgehead atoms. The van der Waals surface area contributed by atoms with E-state index in [-0.39, 0.29) is 5.78 Å². The van der Waals surface area contributed by atoms with Crippen LogP contribution in [0.3, 0.4) is 0 Å². The molecule has 0 atom stereocenters. The van der Waals surface area contributed by atoms with Crippen LogP contribution in [-0.4, -0.2) is 50.1 Å². The molecule has 0 N–H and O–H groups in total. The molecule has 0 saturated carbocycles. The number of hydrogen-bond donors (Lipinski definition) is 0. The van der Waals surface area contributed by atoms with Gasteiger partial charge in [0.1, 0.15) is 12.8 Å². The largest absolute Gasteiger partial charge is 0.399 e. The number of fused-ring (bicyclic) bond motifs is 3. The summed E-state index contributed by atoms with van der Waals surface area (Å²) in [5.74, 6) is -0.00676. The Balaban J connectivity index is 1.74. The first-order valence-corrected chi connectivity index (χ1v) is 9.19. The maximum Gasteiger partial charge on any atom is 0.210 e. The number of carbonyl (C=O) groups is 1. The quantitative estimate of drug-likeness (QED) is 0.366. The van der Waals surface area contributed by atoms with Gasteiger partial charge in [-0.05, 0) is 29.0 Å². The Morgan fingerprint density at radius 1 is 0.929 bits per heavy atom. The molecule has 6 nitrogen and oxygen atoms in total. The maximum absolute atomic E-state index is 13.3. The van der Waals surface area contributed by atoms with Crippen LogP contribution >= 0.6 is 0 Å². The van der Waals surface area contributed by atoms with E-state index in [9.17, 15) is 4.79 Å². The summed E-state index contributed by atoms with van der Waals surface area (Å²) in [6.45, 7) is 2.15. The van der Waals surface area contributed by atoms with Crippen molar-refractivity contribution in [1.29, 1.82) is 0 Å². The normalized spacial score (nSPS) is 14.4. The van der Waals surface area contributed by atoms with E-state index < -0.39 is 0 Å². The van der Waals surface area contributed by atoms with Crippen LogP contribution in [-0.2, 0) is 20.9 Å². The SMILES string of the molecule is COCCOCCn1ccc2c1C(=O)c1cc3ccccc3cc1/C2=N\OC. The fourth-order valence-electron chi connectivity index (χ4n) is 3.60. The van der Waals surface area contributed by atoms with E-state index in [4.69, 9.17) is 14.3 Å². The van der Waals surface area contributed by atoms with Crippen molar-refractivity contribution in [3.63, 3.8) is 0 Å². The van der Waals surface area contributed by atoms with Crippen LogP contribution < -0.4 is 0 Å². The highest BCUT2D eigenvalue weighted by atomic mass is 16.6. The smallest absolute Gasteiger partial charge is 0.210 e. The second-order valence-electron chi connectivity index (χ2n) is 6.57. The molecule has 6 heteroatoms. The summed E-state index contributed by atoms with van der Waals surface area (Å²) in [5.41, 5.74) is 3.52. The highest BCUT2D eigenvalue weighted by molar-refractivity contribution is 6.30. The lowest BCUT2D eigenvalue weighted by molar-refractivity contribution is 0.0662. The van der Waals surface area contributed by atoms with Gasteiger partial charge in [-0.1, -0.05) is 29.4 Å². The number of oxime groups is 1. The molecule has 3 aromatic rings. The number of nitrogens with zero attached hydrogens (tertiary/aromatic N) is 2. The van der Waals surface area contributed by atoms with Crippen LogP contribution in [0.1, 0.15) is 27.2 Å². The number of hydrogen-bond acceptors (Lipinski definition) is 5. The van der Waals surface area contributed by atoms with Gasteiger partial charge in [-0.25, -0.2) is 0 Å². The number of ether oxygens (including phenoxy) is 2. The molecule has 1 aliphatic rings. The Kier molecular flexibility index (Phi) is 5.23. The van der Waals surface area contributed by atoms with Gasteiger partial charge >= 0.3 is 0 Å². The van der Waals surface area contributed by atoms with Crippen molar-refractivity contribution >= 4 is 22.3 Å². The van der Waals surface area contributed by atoms with E-state index in [1.54, 1.807) is 7.11 Å². The molecule has 1 aliphatic carbocycles. The summed E-state index contributed by atoms with van der Waals surface area (Å²) in [5, 5.41) is 6.33. The minimum Gasteiger partial charge on any atom is -0.399 e. The molecule has 1 aromatic heterocycles. The molecule has 0 aliphatic heterocycles. The lowest BCUT2D eigenvalue weighted by Gasteiger charge is -2.20. The van der Waals surface area contributed by atoms with Gasteiger partial charge in [-0.2, -0.15) is 0 Å². The molecule has 1 heterocycles. The molecule has 0 unspecified atom stereocenters. The second kappa shape index (κ2) is 7.96. The zero-order valence-electron chi connectivity index (χ0n) is 16.0. The predicted octanol–water partition coefficient (Wildman–Crippen LogP) is 3.25. The molecule has 28 heavy (non-hydrogen) atoms. The number of aromatic nitrogens is 1. The third-order valence-corrected chi connectivity index (χ3v) is 4.91. The Bertz CT molecular complexity index is 1050. The summed E-state index contributed by atoms with van der Waals surface area (Å²) in [6, 6.07) is 13.9. The minimum atomic E-state index is -0.00676. The summed E-state index contributed by atoms with van der Waals surface area (Å²) in [6.07, 6.45) is 1.90. The zero-order chi connectivity index (χ0) is 19.5. The Hall–Kier alpha value is -2.96. The van der Waals surface area contributed by atoms with Crippen molar-refractivity contribution in [2.75, 3.05) is 34.0 Å². The van der Waals surface area contributed by atoms with E-state index in [1.807, 2.05) is 53.2 Å². The number of ketones is 1. The first-order chi connectivity index (χ1) is 13.7.